The highest BCUT2D eigenvalue weighted by atomic mass is 79.9. The van der Waals surface area contributed by atoms with Crippen LogP contribution in [0, 0.1) is 11.7 Å². The number of rotatable bonds is 2. The number of hydrogen-bond donors (Lipinski definition) is 0. The highest BCUT2D eigenvalue weighted by Crippen LogP contribution is 2.49. The molecule has 0 aromatic heterocycles. The summed E-state index contributed by atoms with van der Waals surface area (Å²) in [4.78, 5) is 0. The second kappa shape index (κ2) is 3.58. The molecule has 1 aliphatic carbocycles. The predicted molar refractivity (Wildman–Crippen MR) is 56.1 cm³/mol. The van der Waals surface area contributed by atoms with Gasteiger partial charge >= 0.3 is 0 Å². The van der Waals surface area contributed by atoms with Gasteiger partial charge in [0.05, 0.1) is 0 Å². The third kappa shape index (κ3) is 1.89. The second-order valence-corrected chi connectivity index (χ2v) is 4.51. The summed E-state index contributed by atoms with van der Waals surface area (Å²) in [6, 6.07) is 4.78. The Labute approximate surface area is 90.2 Å². The lowest BCUT2D eigenvalue weighted by Gasteiger charge is -2.01. The van der Waals surface area contributed by atoms with Crippen LogP contribution in [0.5, 0.6) is 0 Å². The van der Waals surface area contributed by atoms with E-state index in [1.165, 1.54) is 6.07 Å². The third-order valence-electron chi connectivity index (χ3n) is 2.48. The lowest BCUT2D eigenvalue weighted by molar-refractivity contribution is 0.608. The topological polar surface area (TPSA) is 0 Å². The van der Waals surface area contributed by atoms with E-state index in [4.69, 9.17) is 11.6 Å². The molecular formula is C10H9BrClF. The van der Waals surface area contributed by atoms with Crippen molar-refractivity contribution < 1.29 is 4.39 Å². The average molecular weight is 264 g/mol. The van der Waals surface area contributed by atoms with Crippen LogP contribution in [-0.4, -0.2) is 5.33 Å². The Morgan fingerprint density at radius 1 is 1.54 bits per heavy atom. The van der Waals surface area contributed by atoms with Gasteiger partial charge in [0.1, 0.15) is 5.82 Å². The molecule has 1 aromatic carbocycles. The van der Waals surface area contributed by atoms with Gasteiger partial charge in [-0.05, 0) is 42.0 Å². The monoisotopic (exact) mass is 262 g/mol. The van der Waals surface area contributed by atoms with E-state index in [1.54, 1.807) is 12.1 Å². The zero-order valence-corrected chi connectivity index (χ0v) is 9.28. The summed E-state index contributed by atoms with van der Waals surface area (Å²) in [6.07, 6.45) is 1.07. The van der Waals surface area contributed by atoms with E-state index in [0.717, 1.165) is 17.3 Å². The number of alkyl halides is 1. The van der Waals surface area contributed by atoms with Gasteiger partial charge in [-0.3, -0.25) is 0 Å². The maximum Gasteiger partial charge on any atom is 0.126 e. The molecule has 0 N–H and O–H groups in total. The van der Waals surface area contributed by atoms with Gasteiger partial charge in [0.25, 0.3) is 0 Å². The van der Waals surface area contributed by atoms with Crippen LogP contribution in [0.1, 0.15) is 17.9 Å². The number of halogens is 3. The summed E-state index contributed by atoms with van der Waals surface area (Å²) in [6.45, 7) is 0. The van der Waals surface area contributed by atoms with Crippen LogP contribution in [0.25, 0.3) is 0 Å². The molecule has 70 valence electrons. The smallest absolute Gasteiger partial charge is 0.126 e. The SMILES string of the molecule is Fc1ccc(Cl)cc1C1CC1CBr. The Hall–Kier alpha value is -0.0800. The van der Waals surface area contributed by atoms with Gasteiger partial charge in [-0.1, -0.05) is 27.5 Å². The van der Waals surface area contributed by atoms with Gasteiger partial charge in [-0.15, -0.1) is 0 Å². The molecule has 3 heteroatoms. The Balaban J connectivity index is 2.25. The van der Waals surface area contributed by atoms with E-state index in [1.807, 2.05) is 0 Å². The lowest BCUT2D eigenvalue weighted by Crippen LogP contribution is -1.89. The molecule has 0 heterocycles. The zero-order chi connectivity index (χ0) is 9.42. The molecule has 0 aliphatic heterocycles. The minimum atomic E-state index is -0.127. The fourth-order valence-electron chi connectivity index (χ4n) is 1.60. The first-order valence-electron chi connectivity index (χ1n) is 4.23. The van der Waals surface area contributed by atoms with Crippen molar-refractivity contribution in [3.05, 3.63) is 34.6 Å². The van der Waals surface area contributed by atoms with Crippen LogP contribution >= 0.6 is 27.5 Å². The van der Waals surface area contributed by atoms with Crippen molar-refractivity contribution in [1.29, 1.82) is 0 Å². The summed E-state index contributed by atoms with van der Waals surface area (Å²) in [5, 5.41) is 1.57. The normalized spacial score (nSPS) is 26.1. The van der Waals surface area contributed by atoms with Crippen LogP contribution in [-0.2, 0) is 0 Å². The Kier molecular flexibility index (Phi) is 2.61. The molecule has 1 saturated carbocycles. The van der Waals surface area contributed by atoms with Crippen LogP contribution in [0.15, 0.2) is 18.2 Å². The Morgan fingerprint density at radius 2 is 2.31 bits per heavy atom. The molecule has 0 nitrogen and oxygen atoms in total. The molecule has 0 bridgehead atoms. The van der Waals surface area contributed by atoms with Crippen molar-refractivity contribution in [3.8, 4) is 0 Å². The molecule has 1 fully saturated rings. The van der Waals surface area contributed by atoms with Crippen LogP contribution in [0.4, 0.5) is 4.39 Å². The fourth-order valence-corrected chi connectivity index (χ4v) is 2.49. The average Bonchev–Trinajstić information content (AvgIpc) is 2.88. The van der Waals surface area contributed by atoms with Crippen molar-refractivity contribution >= 4 is 27.5 Å². The number of hydrogen-bond acceptors (Lipinski definition) is 0. The molecule has 1 aromatic rings. The molecule has 0 saturated heterocycles. The first kappa shape index (κ1) is 9.47. The highest BCUT2D eigenvalue weighted by molar-refractivity contribution is 9.09. The summed E-state index contributed by atoms with van der Waals surface area (Å²) < 4.78 is 13.3. The summed E-state index contributed by atoms with van der Waals surface area (Å²) in [5.74, 6) is 0.837. The molecule has 0 radical (unpaired) electrons. The zero-order valence-electron chi connectivity index (χ0n) is 6.93. The van der Waals surface area contributed by atoms with E-state index in [9.17, 15) is 4.39 Å². The summed E-state index contributed by atoms with van der Waals surface area (Å²) in [5.41, 5.74) is 0.775. The van der Waals surface area contributed by atoms with Gasteiger partial charge in [-0.2, -0.15) is 0 Å². The molecular weight excluding hydrogens is 254 g/mol. The maximum atomic E-state index is 13.3. The molecule has 0 spiro atoms. The highest BCUT2D eigenvalue weighted by Gasteiger charge is 2.38. The van der Waals surface area contributed by atoms with Crippen molar-refractivity contribution in [2.75, 3.05) is 5.33 Å². The third-order valence-corrected chi connectivity index (χ3v) is 3.55. The minimum absolute atomic E-state index is 0.127. The van der Waals surface area contributed by atoms with Crippen molar-refractivity contribution in [2.24, 2.45) is 5.92 Å². The Bertz CT molecular complexity index is 327. The van der Waals surface area contributed by atoms with Gasteiger partial charge in [0.15, 0.2) is 0 Å². The first-order valence-corrected chi connectivity index (χ1v) is 5.73. The predicted octanol–water partition coefficient (Wildman–Crippen LogP) is 3.98. The lowest BCUT2D eigenvalue weighted by atomic mass is 10.1. The van der Waals surface area contributed by atoms with E-state index >= 15 is 0 Å². The van der Waals surface area contributed by atoms with Crippen molar-refractivity contribution in [3.63, 3.8) is 0 Å². The quantitative estimate of drug-likeness (QED) is 0.708. The van der Waals surface area contributed by atoms with Gasteiger partial charge < -0.3 is 0 Å². The molecule has 1 aliphatic rings. The Morgan fingerprint density at radius 3 is 2.92 bits per heavy atom. The van der Waals surface area contributed by atoms with Crippen LogP contribution < -0.4 is 0 Å². The van der Waals surface area contributed by atoms with E-state index in [0.29, 0.717) is 16.9 Å². The maximum absolute atomic E-state index is 13.3. The fraction of sp³-hybridized carbons (Fsp3) is 0.400. The number of benzene rings is 1. The summed E-state index contributed by atoms with van der Waals surface area (Å²) in [7, 11) is 0. The minimum Gasteiger partial charge on any atom is -0.207 e. The van der Waals surface area contributed by atoms with Gasteiger partial charge in [0.2, 0.25) is 0 Å². The second-order valence-electron chi connectivity index (χ2n) is 3.42. The molecule has 2 rings (SSSR count). The van der Waals surface area contributed by atoms with Crippen molar-refractivity contribution in [1.82, 2.24) is 0 Å². The van der Waals surface area contributed by atoms with Crippen LogP contribution in [0.3, 0.4) is 0 Å². The van der Waals surface area contributed by atoms with E-state index < -0.39 is 0 Å². The molecule has 13 heavy (non-hydrogen) atoms. The van der Waals surface area contributed by atoms with Crippen LogP contribution in [0.2, 0.25) is 5.02 Å². The van der Waals surface area contributed by atoms with Gasteiger partial charge in [0, 0.05) is 10.4 Å². The first-order chi connectivity index (χ1) is 6.22. The van der Waals surface area contributed by atoms with Gasteiger partial charge in [-0.25, -0.2) is 4.39 Å². The molecule has 0 amide bonds. The molecule has 2 atom stereocenters. The summed E-state index contributed by atoms with van der Waals surface area (Å²) >= 11 is 9.20. The van der Waals surface area contributed by atoms with E-state index in [-0.39, 0.29) is 5.82 Å². The van der Waals surface area contributed by atoms with E-state index in [2.05, 4.69) is 15.9 Å². The standard InChI is InChI=1S/C10H9BrClF/c11-5-6-3-8(6)9-4-7(12)1-2-10(9)13/h1-2,4,6,8H,3,5H2. The molecule has 2 unspecified atom stereocenters. The largest absolute Gasteiger partial charge is 0.207 e. The van der Waals surface area contributed by atoms with Crippen molar-refractivity contribution in [2.45, 2.75) is 12.3 Å².